The number of rotatable bonds is 4. The third-order valence-corrected chi connectivity index (χ3v) is 4.13. The number of hydrogen-bond donors (Lipinski definition) is 1. The number of Topliss-reactive ketones (excluding diaryl/α,β-unsaturated/α-hetero) is 1. The molecule has 0 fully saturated rings. The Hall–Kier alpha value is -1.62. The maximum Gasteiger partial charge on any atom is 0.204 e. The summed E-state index contributed by atoms with van der Waals surface area (Å²) in [6.07, 6.45) is 3.39. The van der Waals surface area contributed by atoms with E-state index in [2.05, 4.69) is 39.3 Å². The van der Waals surface area contributed by atoms with Crippen molar-refractivity contribution in [3.05, 3.63) is 46.2 Å². The number of carbonyl (C=O) groups is 1. The van der Waals surface area contributed by atoms with Crippen LogP contribution in [0.3, 0.4) is 0 Å². The van der Waals surface area contributed by atoms with Gasteiger partial charge in [0.15, 0.2) is 0 Å². The Bertz CT molecular complexity index is 625. The van der Waals surface area contributed by atoms with E-state index in [4.69, 9.17) is 0 Å². The number of aryl methyl sites for hydroxylation is 1. The quantitative estimate of drug-likeness (QED) is 0.873. The molecule has 1 aromatic heterocycles. The van der Waals surface area contributed by atoms with Crippen molar-refractivity contribution in [3.8, 4) is 0 Å². The van der Waals surface area contributed by atoms with Gasteiger partial charge in [-0.25, -0.2) is 0 Å². The first kappa shape index (κ1) is 13.4. The van der Waals surface area contributed by atoms with Crippen LogP contribution < -0.4 is 5.32 Å². The third-order valence-electron chi connectivity index (χ3n) is 3.55. The summed E-state index contributed by atoms with van der Waals surface area (Å²) in [7, 11) is 0. The minimum absolute atomic E-state index is 0.0963. The SMILES string of the molecule is CCCn1ncc(Br)c1C(=O)C1Cc2ccccc2N1. The van der Waals surface area contributed by atoms with E-state index in [0.29, 0.717) is 5.69 Å². The number of nitrogens with zero attached hydrogens (tertiary/aromatic N) is 2. The minimum atomic E-state index is -0.198. The van der Waals surface area contributed by atoms with Crippen molar-refractivity contribution in [1.82, 2.24) is 9.78 Å². The van der Waals surface area contributed by atoms with E-state index in [0.717, 1.165) is 29.5 Å². The van der Waals surface area contributed by atoms with Crippen LogP contribution in [0.25, 0.3) is 0 Å². The molecule has 0 spiro atoms. The lowest BCUT2D eigenvalue weighted by Gasteiger charge is -2.12. The van der Waals surface area contributed by atoms with Crippen LogP contribution in [0.2, 0.25) is 0 Å². The molecule has 3 rings (SSSR count). The van der Waals surface area contributed by atoms with Gasteiger partial charge >= 0.3 is 0 Å². The average molecular weight is 334 g/mol. The molecule has 2 heterocycles. The smallest absolute Gasteiger partial charge is 0.204 e. The molecule has 0 aliphatic carbocycles. The predicted molar refractivity (Wildman–Crippen MR) is 82.1 cm³/mol. The zero-order valence-corrected chi connectivity index (χ0v) is 12.9. The highest BCUT2D eigenvalue weighted by atomic mass is 79.9. The number of halogens is 1. The second kappa shape index (κ2) is 5.40. The third kappa shape index (κ3) is 2.26. The van der Waals surface area contributed by atoms with Crippen molar-refractivity contribution in [1.29, 1.82) is 0 Å². The van der Waals surface area contributed by atoms with Crippen molar-refractivity contribution in [2.75, 3.05) is 5.32 Å². The van der Waals surface area contributed by atoms with Crippen LogP contribution in [0.15, 0.2) is 34.9 Å². The van der Waals surface area contributed by atoms with E-state index >= 15 is 0 Å². The number of ketones is 1. The summed E-state index contributed by atoms with van der Waals surface area (Å²) in [5.41, 5.74) is 2.92. The van der Waals surface area contributed by atoms with E-state index in [9.17, 15) is 4.79 Å². The van der Waals surface area contributed by atoms with Gasteiger partial charge in [0.25, 0.3) is 0 Å². The molecule has 104 valence electrons. The number of fused-ring (bicyclic) bond motifs is 1. The second-order valence-electron chi connectivity index (χ2n) is 4.99. The van der Waals surface area contributed by atoms with Gasteiger partial charge in [-0.1, -0.05) is 25.1 Å². The molecule has 2 aromatic rings. The predicted octanol–water partition coefficient (Wildman–Crippen LogP) is 3.28. The maximum atomic E-state index is 12.7. The lowest BCUT2D eigenvalue weighted by Crippen LogP contribution is -2.29. The molecule has 1 atom stereocenters. The molecule has 5 heteroatoms. The number of anilines is 1. The summed E-state index contributed by atoms with van der Waals surface area (Å²) in [5.74, 6) is 0.0963. The van der Waals surface area contributed by atoms with Gasteiger partial charge in [0.1, 0.15) is 5.69 Å². The van der Waals surface area contributed by atoms with Crippen LogP contribution >= 0.6 is 15.9 Å². The Morgan fingerprint density at radius 3 is 3.05 bits per heavy atom. The van der Waals surface area contributed by atoms with Gasteiger partial charge in [0.05, 0.1) is 16.7 Å². The van der Waals surface area contributed by atoms with Crippen molar-refractivity contribution in [2.45, 2.75) is 32.4 Å². The molecule has 4 nitrogen and oxygen atoms in total. The van der Waals surface area contributed by atoms with Crippen LogP contribution in [0.5, 0.6) is 0 Å². The van der Waals surface area contributed by atoms with Crippen LogP contribution in [-0.4, -0.2) is 21.6 Å². The Morgan fingerprint density at radius 2 is 2.30 bits per heavy atom. The number of hydrogen-bond acceptors (Lipinski definition) is 3. The fraction of sp³-hybridized carbons (Fsp3) is 0.333. The van der Waals surface area contributed by atoms with Gasteiger partial charge in [-0.15, -0.1) is 0 Å². The zero-order valence-electron chi connectivity index (χ0n) is 11.3. The molecule has 20 heavy (non-hydrogen) atoms. The van der Waals surface area contributed by atoms with Crippen molar-refractivity contribution in [2.24, 2.45) is 0 Å². The standard InChI is InChI=1S/C15H16BrN3O/c1-2-7-19-14(11(16)9-17-19)15(20)13-8-10-5-3-4-6-12(10)18-13/h3-6,9,13,18H,2,7-8H2,1H3. The first-order valence-corrected chi connectivity index (χ1v) is 7.60. The summed E-state index contributed by atoms with van der Waals surface area (Å²) in [6.45, 7) is 2.83. The zero-order chi connectivity index (χ0) is 14.1. The molecular weight excluding hydrogens is 318 g/mol. The topological polar surface area (TPSA) is 46.9 Å². The first-order chi connectivity index (χ1) is 9.70. The van der Waals surface area contributed by atoms with E-state index in [1.807, 2.05) is 18.2 Å². The highest BCUT2D eigenvalue weighted by Crippen LogP contribution is 2.28. The molecule has 1 aliphatic heterocycles. The molecule has 0 saturated heterocycles. The average Bonchev–Trinajstić information content (AvgIpc) is 3.02. The first-order valence-electron chi connectivity index (χ1n) is 6.80. The summed E-state index contributed by atoms with van der Waals surface area (Å²) < 4.78 is 2.56. The van der Waals surface area contributed by atoms with E-state index in [-0.39, 0.29) is 11.8 Å². The van der Waals surface area contributed by atoms with Crippen LogP contribution in [0.1, 0.15) is 29.4 Å². The molecular formula is C15H16BrN3O. The van der Waals surface area contributed by atoms with E-state index in [1.54, 1.807) is 10.9 Å². The van der Waals surface area contributed by atoms with Gasteiger partial charge in [-0.2, -0.15) is 5.10 Å². The van der Waals surface area contributed by atoms with Crippen molar-refractivity contribution in [3.63, 3.8) is 0 Å². The Balaban J connectivity index is 1.86. The van der Waals surface area contributed by atoms with Gasteiger partial charge in [-0.3, -0.25) is 9.48 Å². The Morgan fingerprint density at radius 1 is 1.50 bits per heavy atom. The summed E-state index contributed by atoms with van der Waals surface area (Å²) >= 11 is 3.44. The highest BCUT2D eigenvalue weighted by Gasteiger charge is 2.30. The largest absolute Gasteiger partial charge is 0.374 e. The van der Waals surface area contributed by atoms with E-state index in [1.165, 1.54) is 5.56 Å². The van der Waals surface area contributed by atoms with Crippen LogP contribution in [0.4, 0.5) is 5.69 Å². The molecule has 0 amide bonds. The van der Waals surface area contributed by atoms with E-state index < -0.39 is 0 Å². The molecule has 1 unspecified atom stereocenters. The summed E-state index contributed by atoms with van der Waals surface area (Å²) in [4.78, 5) is 12.7. The number of aromatic nitrogens is 2. The van der Waals surface area contributed by atoms with Crippen molar-refractivity contribution < 1.29 is 4.79 Å². The number of carbonyl (C=O) groups excluding carboxylic acids is 1. The molecule has 0 bridgehead atoms. The lowest BCUT2D eigenvalue weighted by atomic mass is 10.0. The number of para-hydroxylation sites is 1. The van der Waals surface area contributed by atoms with Gasteiger partial charge in [0.2, 0.25) is 5.78 Å². The van der Waals surface area contributed by atoms with Gasteiger partial charge in [0, 0.05) is 18.7 Å². The Labute approximate surface area is 126 Å². The highest BCUT2D eigenvalue weighted by molar-refractivity contribution is 9.10. The fourth-order valence-corrected chi connectivity index (χ4v) is 3.10. The van der Waals surface area contributed by atoms with Gasteiger partial charge in [-0.05, 0) is 34.0 Å². The molecule has 0 radical (unpaired) electrons. The van der Waals surface area contributed by atoms with Crippen LogP contribution in [-0.2, 0) is 13.0 Å². The summed E-state index contributed by atoms with van der Waals surface area (Å²) in [6, 6.07) is 7.87. The molecule has 1 aliphatic rings. The normalized spacial score (nSPS) is 16.8. The molecule has 1 aromatic carbocycles. The van der Waals surface area contributed by atoms with Crippen molar-refractivity contribution >= 4 is 27.4 Å². The fourth-order valence-electron chi connectivity index (χ4n) is 2.61. The summed E-state index contributed by atoms with van der Waals surface area (Å²) in [5, 5.41) is 7.58. The maximum absolute atomic E-state index is 12.7. The minimum Gasteiger partial charge on any atom is -0.374 e. The number of benzene rings is 1. The Kier molecular flexibility index (Phi) is 3.61. The second-order valence-corrected chi connectivity index (χ2v) is 5.84. The van der Waals surface area contributed by atoms with Gasteiger partial charge < -0.3 is 5.32 Å². The molecule has 1 N–H and O–H groups in total. The number of nitrogens with one attached hydrogen (secondary N) is 1. The monoisotopic (exact) mass is 333 g/mol. The lowest BCUT2D eigenvalue weighted by molar-refractivity contribution is 0.0960. The van der Waals surface area contributed by atoms with Crippen LogP contribution in [0, 0.1) is 0 Å². The molecule has 0 saturated carbocycles.